The van der Waals surface area contributed by atoms with Crippen LogP contribution in [0.2, 0.25) is 0 Å². The first kappa shape index (κ1) is 20.0. The lowest BCUT2D eigenvalue weighted by molar-refractivity contribution is 0.0635. The monoisotopic (exact) mass is 418 g/mol. The molecule has 0 saturated carbocycles. The van der Waals surface area contributed by atoms with Crippen molar-refractivity contribution in [2.75, 3.05) is 12.4 Å². The predicted molar refractivity (Wildman–Crippen MR) is 106 cm³/mol. The van der Waals surface area contributed by atoms with Gasteiger partial charge in [0.15, 0.2) is 0 Å². The van der Waals surface area contributed by atoms with Crippen LogP contribution in [0.15, 0.2) is 53.0 Å². The van der Waals surface area contributed by atoms with Crippen molar-refractivity contribution in [3.8, 4) is 0 Å². The molecule has 138 valence electrons. The number of halogens is 1. The number of carbonyl (C=O) groups is 2. The fraction of sp³-hybridized carbons (Fsp3) is 0.300. The lowest BCUT2D eigenvalue weighted by Crippen LogP contribution is -2.28. The molecule has 0 saturated heterocycles. The topological polar surface area (TPSA) is 58.6 Å². The Morgan fingerprint density at radius 3 is 2.38 bits per heavy atom. The van der Waals surface area contributed by atoms with Crippen LogP contribution < -0.4 is 5.32 Å². The zero-order valence-corrected chi connectivity index (χ0v) is 17.0. The summed E-state index contributed by atoms with van der Waals surface area (Å²) in [5.74, 6) is -0.124. The van der Waals surface area contributed by atoms with Gasteiger partial charge in [-0.15, -0.1) is 0 Å². The third kappa shape index (κ3) is 6.19. The number of benzene rings is 2. The average molecular weight is 419 g/mol. The van der Waals surface area contributed by atoms with Gasteiger partial charge in [-0.2, -0.15) is 0 Å². The normalized spacial score (nSPS) is 11.0. The standard InChI is InChI=1S/C20H23BrN2O3/c1-20(2,3)26-19(25)22-17-7-5-6-15(12-17)18(24)23(4)13-14-8-10-16(21)11-9-14/h5-12H,13H2,1-4H3,(H,22,25). The summed E-state index contributed by atoms with van der Waals surface area (Å²) in [6.07, 6.45) is -0.551. The van der Waals surface area contributed by atoms with Crippen molar-refractivity contribution in [3.05, 3.63) is 64.1 Å². The van der Waals surface area contributed by atoms with E-state index in [1.165, 1.54) is 0 Å². The number of carbonyl (C=O) groups excluding carboxylic acids is 2. The number of amides is 2. The van der Waals surface area contributed by atoms with E-state index >= 15 is 0 Å². The van der Waals surface area contributed by atoms with Gasteiger partial charge < -0.3 is 9.64 Å². The Kier molecular flexibility index (Phi) is 6.42. The predicted octanol–water partition coefficient (Wildman–Crippen LogP) is 5.07. The Morgan fingerprint density at radius 1 is 1.12 bits per heavy atom. The van der Waals surface area contributed by atoms with Gasteiger partial charge in [0.1, 0.15) is 5.60 Å². The SMILES string of the molecule is CN(Cc1ccc(Br)cc1)C(=O)c1cccc(NC(=O)OC(C)(C)C)c1. The molecule has 0 bridgehead atoms. The lowest BCUT2D eigenvalue weighted by Gasteiger charge is -2.20. The molecule has 2 rings (SSSR count). The molecule has 0 spiro atoms. The fourth-order valence-corrected chi connectivity index (χ4v) is 2.57. The van der Waals surface area contributed by atoms with E-state index in [2.05, 4.69) is 21.2 Å². The van der Waals surface area contributed by atoms with Gasteiger partial charge in [0.05, 0.1) is 0 Å². The molecule has 0 aliphatic carbocycles. The van der Waals surface area contributed by atoms with Crippen LogP contribution in [0.25, 0.3) is 0 Å². The summed E-state index contributed by atoms with van der Waals surface area (Å²) in [6.45, 7) is 5.88. The number of rotatable bonds is 4. The van der Waals surface area contributed by atoms with Crippen LogP contribution in [0, 0.1) is 0 Å². The van der Waals surface area contributed by atoms with Crippen molar-refractivity contribution < 1.29 is 14.3 Å². The number of anilines is 1. The van der Waals surface area contributed by atoms with Crippen LogP contribution in [0.5, 0.6) is 0 Å². The Bertz CT molecular complexity index is 782. The quantitative estimate of drug-likeness (QED) is 0.753. The third-order valence-electron chi connectivity index (χ3n) is 3.43. The molecule has 2 aromatic carbocycles. The molecule has 2 amide bonds. The van der Waals surface area contributed by atoms with Crippen molar-refractivity contribution in [2.45, 2.75) is 32.9 Å². The second-order valence-electron chi connectivity index (χ2n) is 7.00. The summed E-state index contributed by atoms with van der Waals surface area (Å²) in [7, 11) is 1.75. The lowest BCUT2D eigenvalue weighted by atomic mass is 10.1. The second kappa shape index (κ2) is 8.36. The molecule has 0 aliphatic heterocycles. The fourth-order valence-electron chi connectivity index (χ4n) is 2.31. The zero-order valence-electron chi connectivity index (χ0n) is 15.4. The van der Waals surface area contributed by atoms with Crippen molar-refractivity contribution in [3.63, 3.8) is 0 Å². The molecule has 0 unspecified atom stereocenters. The molecule has 2 aromatic rings. The van der Waals surface area contributed by atoms with E-state index in [1.807, 2.05) is 24.3 Å². The number of hydrogen-bond donors (Lipinski definition) is 1. The van der Waals surface area contributed by atoms with Gasteiger partial charge in [0.2, 0.25) is 0 Å². The Labute approximate surface area is 162 Å². The third-order valence-corrected chi connectivity index (χ3v) is 3.96. The molecule has 1 N–H and O–H groups in total. The summed E-state index contributed by atoms with van der Waals surface area (Å²) in [5.41, 5.74) is 1.47. The van der Waals surface area contributed by atoms with E-state index in [9.17, 15) is 9.59 Å². The molecule has 5 nitrogen and oxygen atoms in total. The molecular formula is C20H23BrN2O3. The molecule has 0 aromatic heterocycles. The van der Waals surface area contributed by atoms with Gasteiger partial charge >= 0.3 is 6.09 Å². The minimum absolute atomic E-state index is 0.124. The van der Waals surface area contributed by atoms with Gasteiger partial charge in [-0.1, -0.05) is 34.1 Å². The first-order valence-corrected chi connectivity index (χ1v) is 9.03. The van der Waals surface area contributed by atoms with E-state index in [0.717, 1.165) is 10.0 Å². The maximum atomic E-state index is 12.7. The summed E-state index contributed by atoms with van der Waals surface area (Å²) < 4.78 is 6.23. The maximum absolute atomic E-state index is 12.7. The van der Waals surface area contributed by atoms with Crippen LogP contribution in [-0.4, -0.2) is 29.5 Å². The van der Waals surface area contributed by atoms with Gasteiger partial charge in [-0.05, 0) is 56.7 Å². The first-order chi connectivity index (χ1) is 12.1. The highest BCUT2D eigenvalue weighted by molar-refractivity contribution is 9.10. The number of nitrogens with one attached hydrogen (secondary N) is 1. The average Bonchev–Trinajstić information content (AvgIpc) is 2.54. The van der Waals surface area contributed by atoms with Crippen molar-refractivity contribution in [1.82, 2.24) is 4.90 Å². The van der Waals surface area contributed by atoms with E-state index in [-0.39, 0.29) is 5.91 Å². The zero-order chi connectivity index (χ0) is 19.3. The summed E-state index contributed by atoms with van der Waals surface area (Å²) in [4.78, 5) is 26.2. The van der Waals surface area contributed by atoms with Crippen LogP contribution in [0.1, 0.15) is 36.7 Å². The molecule has 0 aliphatic rings. The molecular weight excluding hydrogens is 396 g/mol. The molecule has 0 heterocycles. The Hall–Kier alpha value is -2.34. The van der Waals surface area contributed by atoms with Crippen molar-refractivity contribution >= 4 is 33.6 Å². The van der Waals surface area contributed by atoms with Gasteiger partial charge in [0.25, 0.3) is 5.91 Å². The first-order valence-electron chi connectivity index (χ1n) is 8.24. The highest BCUT2D eigenvalue weighted by Gasteiger charge is 2.17. The van der Waals surface area contributed by atoms with Crippen LogP contribution >= 0.6 is 15.9 Å². The van der Waals surface area contributed by atoms with Crippen molar-refractivity contribution in [2.24, 2.45) is 0 Å². The molecule has 6 heteroatoms. The van der Waals surface area contributed by atoms with E-state index in [0.29, 0.717) is 17.8 Å². The number of hydrogen-bond acceptors (Lipinski definition) is 3. The van der Waals surface area contributed by atoms with Crippen LogP contribution in [-0.2, 0) is 11.3 Å². The number of nitrogens with zero attached hydrogens (tertiary/aromatic N) is 1. The summed E-state index contributed by atoms with van der Waals surface area (Å²) in [6, 6.07) is 14.6. The van der Waals surface area contributed by atoms with Gasteiger partial charge in [-0.25, -0.2) is 4.79 Å². The molecule has 26 heavy (non-hydrogen) atoms. The van der Waals surface area contributed by atoms with Gasteiger partial charge in [-0.3, -0.25) is 10.1 Å². The molecule has 0 atom stereocenters. The number of ether oxygens (including phenoxy) is 1. The summed E-state index contributed by atoms with van der Waals surface area (Å²) >= 11 is 3.40. The van der Waals surface area contributed by atoms with Crippen LogP contribution in [0.3, 0.4) is 0 Å². The van der Waals surface area contributed by atoms with E-state index in [1.54, 1.807) is 57.0 Å². The highest BCUT2D eigenvalue weighted by atomic mass is 79.9. The Balaban J connectivity index is 2.04. The van der Waals surface area contributed by atoms with Crippen LogP contribution in [0.4, 0.5) is 10.5 Å². The second-order valence-corrected chi connectivity index (χ2v) is 7.91. The highest BCUT2D eigenvalue weighted by Crippen LogP contribution is 2.16. The molecule has 0 radical (unpaired) electrons. The maximum Gasteiger partial charge on any atom is 0.412 e. The van der Waals surface area contributed by atoms with E-state index < -0.39 is 11.7 Å². The van der Waals surface area contributed by atoms with E-state index in [4.69, 9.17) is 4.74 Å². The molecule has 0 fully saturated rings. The smallest absolute Gasteiger partial charge is 0.412 e. The van der Waals surface area contributed by atoms with Crippen molar-refractivity contribution in [1.29, 1.82) is 0 Å². The van der Waals surface area contributed by atoms with Gasteiger partial charge in [0, 0.05) is 29.3 Å². The largest absolute Gasteiger partial charge is 0.444 e. The summed E-state index contributed by atoms with van der Waals surface area (Å²) in [5, 5.41) is 2.65. The Morgan fingerprint density at radius 2 is 1.77 bits per heavy atom. The minimum Gasteiger partial charge on any atom is -0.444 e. The minimum atomic E-state index is -0.581.